The third-order valence-corrected chi connectivity index (χ3v) is 4.64. The molecule has 0 bridgehead atoms. The van der Waals surface area contributed by atoms with Crippen LogP contribution < -0.4 is 15.8 Å². The van der Waals surface area contributed by atoms with Crippen LogP contribution in [0.3, 0.4) is 0 Å². The first-order valence-corrected chi connectivity index (χ1v) is 9.17. The third-order valence-electron chi connectivity index (χ3n) is 4.64. The van der Waals surface area contributed by atoms with Gasteiger partial charge in [-0.2, -0.15) is 0 Å². The molecular formula is C22H19N5O3. The number of carbonyl (C=O) groups excluding carboxylic acids is 2. The average Bonchev–Trinajstić information content (AvgIpc) is 3.18. The van der Waals surface area contributed by atoms with Gasteiger partial charge in [-0.1, -0.05) is 36.4 Å². The van der Waals surface area contributed by atoms with Gasteiger partial charge in [-0.3, -0.25) is 14.0 Å². The molecule has 2 aromatic heterocycles. The lowest BCUT2D eigenvalue weighted by Crippen LogP contribution is -2.17. The maximum atomic E-state index is 13.0. The van der Waals surface area contributed by atoms with E-state index in [0.717, 1.165) is 11.1 Å². The van der Waals surface area contributed by atoms with Crippen LogP contribution in [0, 0.1) is 6.92 Å². The van der Waals surface area contributed by atoms with Crippen LogP contribution in [-0.4, -0.2) is 33.3 Å². The van der Waals surface area contributed by atoms with E-state index >= 15 is 0 Å². The number of fused-ring (bicyclic) bond motifs is 1. The summed E-state index contributed by atoms with van der Waals surface area (Å²) in [6.07, 6.45) is 1.47. The Balaban J connectivity index is 1.85. The van der Waals surface area contributed by atoms with Crippen molar-refractivity contribution < 1.29 is 14.3 Å². The number of nitrogens with two attached hydrogens (primary N) is 1. The molecule has 3 N–H and O–H groups in total. The zero-order valence-corrected chi connectivity index (χ0v) is 16.4. The highest BCUT2D eigenvalue weighted by Crippen LogP contribution is 2.27. The van der Waals surface area contributed by atoms with Gasteiger partial charge in [0.15, 0.2) is 11.3 Å². The maximum absolute atomic E-state index is 13.0. The molecule has 0 aliphatic carbocycles. The number of anilines is 1. The monoisotopic (exact) mass is 401 g/mol. The van der Waals surface area contributed by atoms with Gasteiger partial charge in [-0.15, -0.1) is 0 Å². The Morgan fingerprint density at radius 2 is 1.87 bits per heavy atom. The molecule has 2 aromatic carbocycles. The second-order valence-corrected chi connectivity index (χ2v) is 6.70. The van der Waals surface area contributed by atoms with Crippen LogP contribution >= 0.6 is 0 Å². The quantitative estimate of drug-likeness (QED) is 0.534. The summed E-state index contributed by atoms with van der Waals surface area (Å²) in [7, 11) is 1.53. The highest BCUT2D eigenvalue weighted by Gasteiger charge is 2.19. The summed E-state index contributed by atoms with van der Waals surface area (Å²) in [4.78, 5) is 33.3. The lowest BCUT2D eigenvalue weighted by molar-refractivity contribution is 0.0993. The first kappa shape index (κ1) is 19.1. The van der Waals surface area contributed by atoms with Crippen LogP contribution in [0.2, 0.25) is 0 Å². The highest BCUT2D eigenvalue weighted by atomic mass is 16.5. The molecule has 0 saturated heterocycles. The van der Waals surface area contributed by atoms with E-state index in [0.29, 0.717) is 17.1 Å². The maximum Gasteiger partial charge on any atom is 0.274 e. The predicted molar refractivity (Wildman–Crippen MR) is 113 cm³/mol. The van der Waals surface area contributed by atoms with Gasteiger partial charge in [-0.05, 0) is 36.2 Å². The summed E-state index contributed by atoms with van der Waals surface area (Å²) >= 11 is 0. The number of amides is 2. The highest BCUT2D eigenvalue weighted by molar-refractivity contribution is 6.05. The summed E-state index contributed by atoms with van der Waals surface area (Å²) in [5.41, 5.74) is 8.75. The molecule has 0 fully saturated rings. The molecular weight excluding hydrogens is 382 g/mol. The number of hydrogen-bond acceptors (Lipinski definition) is 5. The van der Waals surface area contributed by atoms with Crippen LogP contribution in [0.1, 0.15) is 26.5 Å². The fraction of sp³-hybridized carbons (Fsp3) is 0.0909. The first-order chi connectivity index (χ1) is 14.5. The van der Waals surface area contributed by atoms with Crippen LogP contribution in [0.5, 0.6) is 5.75 Å². The van der Waals surface area contributed by atoms with Crippen molar-refractivity contribution in [3.8, 4) is 17.0 Å². The van der Waals surface area contributed by atoms with E-state index in [1.807, 2.05) is 43.3 Å². The third kappa shape index (κ3) is 3.46. The second kappa shape index (κ2) is 7.67. The number of imidazole rings is 1. The molecule has 0 unspecified atom stereocenters. The molecule has 2 amide bonds. The molecule has 0 aliphatic rings. The molecule has 4 aromatic rings. The fourth-order valence-electron chi connectivity index (χ4n) is 3.20. The summed E-state index contributed by atoms with van der Waals surface area (Å²) in [6.45, 7) is 1.92. The lowest BCUT2D eigenvalue weighted by atomic mass is 10.1. The smallest absolute Gasteiger partial charge is 0.274 e. The van der Waals surface area contributed by atoms with Crippen molar-refractivity contribution in [1.82, 2.24) is 14.4 Å². The van der Waals surface area contributed by atoms with E-state index in [-0.39, 0.29) is 17.0 Å². The van der Waals surface area contributed by atoms with Gasteiger partial charge in [0.25, 0.3) is 11.8 Å². The van der Waals surface area contributed by atoms with Crippen molar-refractivity contribution in [3.05, 3.63) is 77.9 Å². The number of carbonyl (C=O) groups is 2. The van der Waals surface area contributed by atoms with Crippen LogP contribution in [0.4, 0.5) is 5.69 Å². The van der Waals surface area contributed by atoms with Gasteiger partial charge < -0.3 is 15.8 Å². The Bertz CT molecular complexity index is 1260. The zero-order valence-electron chi connectivity index (χ0n) is 16.4. The molecule has 0 aliphatic heterocycles. The molecule has 150 valence electrons. The number of hydrogen-bond donors (Lipinski definition) is 2. The predicted octanol–water partition coefficient (Wildman–Crippen LogP) is 3.06. The van der Waals surface area contributed by atoms with Crippen LogP contribution in [0.15, 0.2) is 60.9 Å². The van der Waals surface area contributed by atoms with Crippen LogP contribution in [-0.2, 0) is 0 Å². The summed E-state index contributed by atoms with van der Waals surface area (Å²) in [5.74, 6) is -0.641. The van der Waals surface area contributed by atoms with Crippen molar-refractivity contribution in [3.63, 3.8) is 0 Å². The number of nitrogens with zero attached hydrogens (tertiary/aromatic N) is 3. The normalized spacial score (nSPS) is 10.7. The van der Waals surface area contributed by atoms with E-state index in [2.05, 4.69) is 15.3 Å². The largest absolute Gasteiger partial charge is 0.495 e. The molecule has 0 saturated carbocycles. The number of rotatable bonds is 5. The number of methoxy groups -OCH3 is 1. The van der Waals surface area contributed by atoms with E-state index in [9.17, 15) is 9.59 Å². The average molecular weight is 401 g/mol. The minimum Gasteiger partial charge on any atom is -0.495 e. The first-order valence-electron chi connectivity index (χ1n) is 9.17. The topological polar surface area (TPSA) is 112 Å². The molecule has 30 heavy (non-hydrogen) atoms. The lowest BCUT2D eigenvalue weighted by Gasteiger charge is -2.12. The second-order valence-electron chi connectivity index (χ2n) is 6.70. The van der Waals surface area contributed by atoms with Gasteiger partial charge in [0, 0.05) is 0 Å². The zero-order chi connectivity index (χ0) is 21.3. The summed E-state index contributed by atoms with van der Waals surface area (Å²) < 4.78 is 6.97. The van der Waals surface area contributed by atoms with Crippen molar-refractivity contribution in [1.29, 1.82) is 0 Å². The van der Waals surface area contributed by atoms with E-state index < -0.39 is 11.8 Å². The minimum absolute atomic E-state index is 0.00466. The number of primary amides is 1. The Hall–Kier alpha value is -4.20. The SMILES string of the molecule is COc1ccc(C)cc1NC(=O)c1cc(-c2ccccc2)n2cnc(C(N)=O)c2n1. The Labute approximate surface area is 172 Å². The van der Waals surface area contributed by atoms with Crippen LogP contribution in [0.25, 0.3) is 16.9 Å². The summed E-state index contributed by atoms with van der Waals surface area (Å²) in [6, 6.07) is 16.6. The van der Waals surface area contributed by atoms with Crippen molar-refractivity contribution in [2.75, 3.05) is 12.4 Å². The van der Waals surface area contributed by atoms with Gasteiger partial charge >= 0.3 is 0 Å². The van der Waals surface area contributed by atoms with Crippen molar-refractivity contribution in [2.45, 2.75) is 6.92 Å². The van der Waals surface area contributed by atoms with E-state index in [4.69, 9.17) is 10.5 Å². The number of aromatic nitrogens is 3. The minimum atomic E-state index is -0.720. The van der Waals surface area contributed by atoms with E-state index in [1.54, 1.807) is 22.6 Å². The van der Waals surface area contributed by atoms with Gasteiger partial charge in [0.1, 0.15) is 17.8 Å². The number of nitrogens with one attached hydrogen (secondary N) is 1. The fourth-order valence-corrected chi connectivity index (χ4v) is 3.20. The van der Waals surface area contributed by atoms with Gasteiger partial charge in [-0.25, -0.2) is 9.97 Å². The molecule has 8 heteroatoms. The van der Waals surface area contributed by atoms with Gasteiger partial charge in [0.05, 0.1) is 18.5 Å². The van der Waals surface area contributed by atoms with Gasteiger partial charge in [0.2, 0.25) is 0 Å². The molecule has 0 radical (unpaired) electrons. The number of benzene rings is 2. The Morgan fingerprint density at radius 1 is 1.10 bits per heavy atom. The Kier molecular flexibility index (Phi) is 4.89. The summed E-state index contributed by atoms with van der Waals surface area (Å²) in [5, 5.41) is 2.83. The Morgan fingerprint density at radius 3 is 2.57 bits per heavy atom. The molecule has 4 rings (SSSR count). The number of ether oxygens (including phenoxy) is 1. The van der Waals surface area contributed by atoms with Crippen molar-refractivity contribution in [2.24, 2.45) is 5.73 Å². The van der Waals surface area contributed by atoms with E-state index in [1.165, 1.54) is 13.4 Å². The molecule has 0 spiro atoms. The molecule has 0 atom stereocenters. The number of aryl methyl sites for hydroxylation is 1. The molecule has 2 heterocycles. The van der Waals surface area contributed by atoms with Crippen molar-refractivity contribution >= 4 is 23.1 Å². The molecule has 8 nitrogen and oxygen atoms in total. The standard InChI is InChI=1S/C22H19N5O3/c1-13-8-9-18(30-2)15(10-13)26-22(29)16-11-17(14-6-4-3-5-7-14)27-12-24-19(20(23)28)21(27)25-16/h3-12H,1-2H3,(H2,23,28)(H,26,29).